The van der Waals surface area contributed by atoms with Crippen LogP contribution in [0.2, 0.25) is 0 Å². The van der Waals surface area contributed by atoms with Gasteiger partial charge in [0.05, 0.1) is 19.5 Å². The standard InChI is InChI=1S/C17H22N4O3/c1-4-21(13(2)22)10-9-19-16-11-18-12-17(20-16)24-15-7-5-14(23-3)6-8-15/h5-8,11-12H,4,9-10H2,1-3H3,(H,19,20). The van der Waals surface area contributed by atoms with Gasteiger partial charge in [-0.25, -0.2) is 0 Å². The van der Waals surface area contributed by atoms with Crippen molar-refractivity contribution in [1.29, 1.82) is 0 Å². The van der Waals surface area contributed by atoms with E-state index in [0.29, 0.717) is 37.1 Å². The van der Waals surface area contributed by atoms with Crippen molar-refractivity contribution in [2.24, 2.45) is 0 Å². The van der Waals surface area contributed by atoms with Gasteiger partial charge in [0, 0.05) is 26.6 Å². The minimum Gasteiger partial charge on any atom is -0.497 e. The quantitative estimate of drug-likeness (QED) is 0.801. The van der Waals surface area contributed by atoms with E-state index in [2.05, 4.69) is 15.3 Å². The second-order valence-electron chi connectivity index (χ2n) is 5.05. The molecule has 2 aromatic rings. The van der Waals surface area contributed by atoms with Crippen LogP contribution in [0.3, 0.4) is 0 Å². The molecule has 0 spiro atoms. The van der Waals surface area contributed by atoms with Crippen LogP contribution in [-0.4, -0.2) is 47.5 Å². The number of hydrogen-bond donors (Lipinski definition) is 1. The molecule has 0 atom stereocenters. The summed E-state index contributed by atoms with van der Waals surface area (Å²) in [5.41, 5.74) is 0. The number of methoxy groups -OCH3 is 1. The lowest BCUT2D eigenvalue weighted by atomic mass is 10.3. The monoisotopic (exact) mass is 330 g/mol. The number of carbonyl (C=O) groups is 1. The van der Waals surface area contributed by atoms with Crippen molar-refractivity contribution in [2.75, 3.05) is 32.1 Å². The van der Waals surface area contributed by atoms with E-state index in [4.69, 9.17) is 9.47 Å². The second-order valence-corrected chi connectivity index (χ2v) is 5.05. The lowest BCUT2D eigenvalue weighted by Crippen LogP contribution is -2.33. The van der Waals surface area contributed by atoms with Crippen LogP contribution in [0.25, 0.3) is 0 Å². The zero-order chi connectivity index (χ0) is 17.4. The van der Waals surface area contributed by atoms with Crippen molar-refractivity contribution in [3.8, 4) is 17.4 Å². The van der Waals surface area contributed by atoms with Crippen LogP contribution in [0.4, 0.5) is 5.82 Å². The van der Waals surface area contributed by atoms with Crippen molar-refractivity contribution < 1.29 is 14.3 Å². The molecule has 0 saturated carbocycles. The van der Waals surface area contributed by atoms with E-state index < -0.39 is 0 Å². The van der Waals surface area contributed by atoms with Gasteiger partial charge in [-0.2, -0.15) is 4.98 Å². The number of benzene rings is 1. The van der Waals surface area contributed by atoms with Gasteiger partial charge >= 0.3 is 0 Å². The second kappa shape index (κ2) is 8.71. The number of hydrogen-bond acceptors (Lipinski definition) is 6. The summed E-state index contributed by atoms with van der Waals surface area (Å²) in [5, 5.41) is 3.14. The highest BCUT2D eigenvalue weighted by Gasteiger charge is 2.06. The molecule has 0 fully saturated rings. The van der Waals surface area contributed by atoms with E-state index in [9.17, 15) is 4.79 Å². The molecule has 0 saturated heterocycles. The summed E-state index contributed by atoms with van der Waals surface area (Å²) >= 11 is 0. The maximum absolute atomic E-state index is 11.4. The number of rotatable bonds is 8. The highest BCUT2D eigenvalue weighted by molar-refractivity contribution is 5.73. The molecule has 0 aliphatic rings. The Morgan fingerprint density at radius 1 is 1.21 bits per heavy atom. The third kappa shape index (κ3) is 5.12. The normalized spacial score (nSPS) is 10.1. The molecule has 7 heteroatoms. The highest BCUT2D eigenvalue weighted by atomic mass is 16.5. The summed E-state index contributed by atoms with van der Waals surface area (Å²) in [6, 6.07) is 7.22. The molecule has 24 heavy (non-hydrogen) atoms. The first-order valence-electron chi connectivity index (χ1n) is 7.75. The summed E-state index contributed by atoms with van der Waals surface area (Å²) in [5.74, 6) is 2.46. The third-order valence-electron chi connectivity index (χ3n) is 3.41. The van der Waals surface area contributed by atoms with Crippen molar-refractivity contribution in [1.82, 2.24) is 14.9 Å². The zero-order valence-electron chi connectivity index (χ0n) is 14.2. The molecule has 0 unspecified atom stereocenters. The van der Waals surface area contributed by atoms with Gasteiger partial charge in [-0.15, -0.1) is 0 Å². The molecule has 1 aromatic carbocycles. The molecule has 128 valence electrons. The fraction of sp³-hybridized carbons (Fsp3) is 0.353. The fourth-order valence-electron chi connectivity index (χ4n) is 2.10. The van der Waals surface area contributed by atoms with Crippen LogP contribution in [0, 0.1) is 0 Å². The Bertz CT molecular complexity index is 661. The SMILES string of the molecule is CCN(CCNc1cncc(Oc2ccc(OC)cc2)n1)C(C)=O. The summed E-state index contributed by atoms with van der Waals surface area (Å²) < 4.78 is 10.8. The molecule has 0 radical (unpaired) electrons. The van der Waals surface area contributed by atoms with E-state index in [1.165, 1.54) is 0 Å². The minimum atomic E-state index is 0.0574. The molecule has 0 bridgehead atoms. The van der Waals surface area contributed by atoms with Crippen LogP contribution < -0.4 is 14.8 Å². The van der Waals surface area contributed by atoms with Gasteiger partial charge in [0.1, 0.15) is 17.3 Å². The molecular weight excluding hydrogens is 308 g/mol. The lowest BCUT2D eigenvalue weighted by molar-refractivity contribution is -0.128. The van der Waals surface area contributed by atoms with Gasteiger partial charge in [0.15, 0.2) is 0 Å². The molecule has 1 aromatic heterocycles. The number of aromatic nitrogens is 2. The topological polar surface area (TPSA) is 76.6 Å². The Morgan fingerprint density at radius 2 is 1.92 bits per heavy atom. The predicted molar refractivity (Wildman–Crippen MR) is 91.5 cm³/mol. The van der Waals surface area contributed by atoms with Crippen molar-refractivity contribution in [3.63, 3.8) is 0 Å². The average Bonchev–Trinajstić information content (AvgIpc) is 2.59. The van der Waals surface area contributed by atoms with Crippen LogP contribution in [0.5, 0.6) is 17.4 Å². The Balaban J connectivity index is 1.92. The van der Waals surface area contributed by atoms with E-state index in [1.807, 2.05) is 19.1 Å². The highest BCUT2D eigenvalue weighted by Crippen LogP contribution is 2.22. The first-order chi connectivity index (χ1) is 11.6. The fourth-order valence-corrected chi connectivity index (χ4v) is 2.10. The van der Waals surface area contributed by atoms with Crippen molar-refractivity contribution >= 4 is 11.7 Å². The Hall–Kier alpha value is -2.83. The average molecular weight is 330 g/mol. The molecule has 7 nitrogen and oxygen atoms in total. The molecule has 1 heterocycles. The first-order valence-corrected chi connectivity index (χ1v) is 7.75. The number of amides is 1. The van der Waals surface area contributed by atoms with E-state index in [-0.39, 0.29) is 5.91 Å². The summed E-state index contributed by atoms with van der Waals surface area (Å²) in [4.78, 5) is 21.6. The number of nitrogens with one attached hydrogen (secondary N) is 1. The lowest BCUT2D eigenvalue weighted by Gasteiger charge is -2.19. The van der Waals surface area contributed by atoms with Crippen LogP contribution in [0.1, 0.15) is 13.8 Å². The van der Waals surface area contributed by atoms with Gasteiger partial charge in [-0.1, -0.05) is 0 Å². The van der Waals surface area contributed by atoms with Gasteiger partial charge < -0.3 is 19.7 Å². The molecule has 0 aliphatic carbocycles. The van der Waals surface area contributed by atoms with Gasteiger partial charge in [0.25, 0.3) is 0 Å². The largest absolute Gasteiger partial charge is 0.497 e. The predicted octanol–water partition coefficient (Wildman–Crippen LogP) is 2.56. The molecule has 1 amide bonds. The maximum Gasteiger partial charge on any atom is 0.239 e. The smallest absolute Gasteiger partial charge is 0.239 e. The summed E-state index contributed by atoms with van der Waals surface area (Å²) in [7, 11) is 1.61. The Kier molecular flexibility index (Phi) is 6.36. The molecule has 1 N–H and O–H groups in total. The van der Waals surface area contributed by atoms with Gasteiger partial charge in [-0.05, 0) is 31.2 Å². The Morgan fingerprint density at radius 3 is 2.54 bits per heavy atom. The van der Waals surface area contributed by atoms with Crippen molar-refractivity contribution in [3.05, 3.63) is 36.7 Å². The molecular formula is C17H22N4O3. The van der Waals surface area contributed by atoms with E-state index in [0.717, 1.165) is 5.75 Å². The number of anilines is 1. The minimum absolute atomic E-state index is 0.0574. The number of ether oxygens (including phenoxy) is 2. The van der Waals surface area contributed by atoms with Crippen LogP contribution in [-0.2, 0) is 4.79 Å². The Labute approximate surface area is 141 Å². The van der Waals surface area contributed by atoms with E-state index in [1.54, 1.807) is 43.5 Å². The number of likely N-dealkylation sites (N-methyl/N-ethyl adjacent to an activating group) is 1. The number of carbonyl (C=O) groups excluding carboxylic acids is 1. The molecule has 0 aliphatic heterocycles. The van der Waals surface area contributed by atoms with Crippen LogP contribution in [0.15, 0.2) is 36.7 Å². The first kappa shape index (κ1) is 17.5. The summed E-state index contributed by atoms with van der Waals surface area (Å²) in [6.45, 7) is 5.39. The van der Waals surface area contributed by atoms with Gasteiger partial charge in [-0.3, -0.25) is 9.78 Å². The third-order valence-corrected chi connectivity index (χ3v) is 3.41. The molecule has 2 rings (SSSR count). The van der Waals surface area contributed by atoms with Crippen molar-refractivity contribution in [2.45, 2.75) is 13.8 Å². The van der Waals surface area contributed by atoms with E-state index >= 15 is 0 Å². The van der Waals surface area contributed by atoms with Crippen LogP contribution >= 0.6 is 0 Å². The number of nitrogens with zero attached hydrogens (tertiary/aromatic N) is 3. The summed E-state index contributed by atoms with van der Waals surface area (Å²) in [6.07, 6.45) is 3.16. The maximum atomic E-state index is 11.4. The van der Waals surface area contributed by atoms with Gasteiger partial charge in [0.2, 0.25) is 11.8 Å². The zero-order valence-corrected chi connectivity index (χ0v) is 14.2.